The SMILES string of the molecule is Oc1ccc(C(c2ccc(-c3ccc(C(c4ccc(O)c(O)c4O)c4ccc(O)c(O)c4O)cc3)cc2)c2ccc(O)c(O)c2O)c(O)c1O. The first kappa shape index (κ1) is 32.8. The molecule has 0 unspecified atom stereocenters. The second kappa shape index (κ2) is 12.5. The van der Waals surface area contributed by atoms with Crippen molar-refractivity contribution in [3.05, 3.63) is 130 Å². The van der Waals surface area contributed by atoms with Gasteiger partial charge in [0.05, 0.1) is 0 Å². The number of phenolic OH excluding ortho intramolecular Hbond substituents is 12. The molecule has 50 heavy (non-hydrogen) atoms. The highest BCUT2D eigenvalue weighted by Crippen LogP contribution is 2.51. The van der Waals surface area contributed by atoms with Crippen LogP contribution in [0, 0.1) is 0 Å². The Bertz CT molecular complexity index is 1970. The molecule has 0 aliphatic rings. The minimum Gasteiger partial charge on any atom is -0.504 e. The van der Waals surface area contributed by atoms with Gasteiger partial charge in [-0.15, -0.1) is 0 Å². The summed E-state index contributed by atoms with van der Waals surface area (Å²) in [4.78, 5) is 0. The van der Waals surface area contributed by atoms with Crippen LogP contribution in [-0.4, -0.2) is 61.3 Å². The molecule has 0 bridgehead atoms. The van der Waals surface area contributed by atoms with Gasteiger partial charge in [-0.2, -0.15) is 0 Å². The van der Waals surface area contributed by atoms with Gasteiger partial charge in [-0.25, -0.2) is 0 Å². The average molecular weight is 679 g/mol. The zero-order chi connectivity index (χ0) is 36.0. The summed E-state index contributed by atoms with van der Waals surface area (Å²) in [6, 6.07) is 23.7. The van der Waals surface area contributed by atoms with Crippen LogP contribution < -0.4 is 0 Å². The summed E-state index contributed by atoms with van der Waals surface area (Å²) in [5.41, 5.74) is 2.68. The van der Waals surface area contributed by atoms with E-state index in [2.05, 4.69) is 0 Å². The normalized spacial score (nSPS) is 11.3. The van der Waals surface area contributed by atoms with E-state index in [-0.39, 0.29) is 22.3 Å². The topological polar surface area (TPSA) is 243 Å². The van der Waals surface area contributed by atoms with E-state index in [4.69, 9.17) is 0 Å². The van der Waals surface area contributed by atoms with Gasteiger partial charge in [0, 0.05) is 34.1 Å². The molecule has 12 N–H and O–H groups in total. The second-order valence-corrected chi connectivity index (χ2v) is 11.6. The van der Waals surface area contributed by atoms with Crippen molar-refractivity contribution in [2.24, 2.45) is 0 Å². The standard InChI is InChI=1S/C38H30O12/c39-25-13-9-21(31(43)35(25)47)29(22-10-14-26(40)36(48)32(22)44)19-5-1-17(2-6-19)18-3-7-20(8-4-18)30(23-11-15-27(41)37(49)33(23)45)24-12-16-28(42)38(50)34(24)46/h1-16,29-30,39-50H. The summed E-state index contributed by atoms with van der Waals surface area (Å²) in [7, 11) is 0. The predicted molar refractivity (Wildman–Crippen MR) is 180 cm³/mol. The van der Waals surface area contributed by atoms with Crippen molar-refractivity contribution in [2.75, 3.05) is 0 Å². The Labute approximate surface area is 283 Å². The van der Waals surface area contributed by atoms with Gasteiger partial charge in [0.25, 0.3) is 0 Å². The summed E-state index contributed by atoms with van der Waals surface area (Å²) < 4.78 is 0. The van der Waals surface area contributed by atoms with Crippen molar-refractivity contribution in [3.8, 4) is 80.1 Å². The Morgan fingerprint density at radius 3 is 0.680 bits per heavy atom. The van der Waals surface area contributed by atoms with E-state index in [1.165, 1.54) is 24.3 Å². The fourth-order valence-corrected chi connectivity index (χ4v) is 6.06. The molecule has 6 aromatic rings. The van der Waals surface area contributed by atoms with Gasteiger partial charge < -0.3 is 61.3 Å². The Morgan fingerprint density at radius 1 is 0.240 bits per heavy atom. The van der Waals surface area contributed by atoms with Crippen LogP contribution >= 0.6 is 0 Å². The van der Waals surface area contributed by atoms with E-state index in [0.29, 0.717) is 22.3 Å². The van der Waals surface area contributed by atoms with Crippen LogP contribution in [0.1, 0.15) is 45.2 Å². The van der Waals surface area contributed by atoms with Crippen LogP contribution in [0.3, 0.4) is 0 Å². The summed E-state index contributed by atoms with van der Waals surface area (Å²) in [5.74, 6) is -10.0. The van der Waals surface area contributed by atoms with Crippen LogP contribution in [0.2, 0.25) is 0 Å². The lowest BCUT2D eigenvalue weighted by molar-refractivity contribution is 0.360. The lowest BCUT2D eigenvalue weighted by Gasteiger charge is -2.23. The van der Waals surface area contributed by atoms with Gasteiger partial charge in [-0.1, -0.05) is 72.8 Å². The number of aromatic hydroxyl groups is 12. The predicted octanol–water partition coefficient (Wildman–Crippen LogP) is 6.18. The van der Waals surface area contributed by atoms with E-state index in [1.807, 2.05) is 0 Å². The van der Waals surface area contributed by atoms with E-state index >= 15 is 0 Å². The van der Waals surface area contributed by atoms with Gasteiger partial charge in [0.2, 0.25) is 23.0 Å². The molecule has 0 aliphatic heterocycles. The maximum Gasteiger partial charge on any atom is 0.200 e. The molecule has 0 amide bonds. The Hall–Kier alpha value is -7.08. The maximum absolute atomic E-state index is 10.8. The van der Waals surface area contributed by atoms with Crippen molar-refractivity contribution in [1.29, 1.82) is 0 Å². The maximum atomic E-state index is 10.8. The number of benzene rings is 6. The first-order valence-electron chi connectivity index (χ1n) is 15.0. The molecule has 6 aromatic carbocycles. The molecular weight excluding hydrogens is 648 g/mol. The fourth-order valence-electron chi connectivity index (χ4n) is 6.06. The molecule has 0 saturated heterocycles. The number of hydrogen-bond acceptors (Lipinski definition) is 12. The van der Waals surface area contributed by atoms with Crippen molar-refractivity contribution in [2.45, 2.75) is 11.8 Å². The quantitative estimate of drug-likeness (QED) is 0.0669. The Kier molecular flexibility index (Phi) is 8.21. The highest BCUT2D eigenvalue weighted by Gasteiger charge is 2.29. The highest BCUT2D eigenvalue weighted by atomic mass is 16.3. The van der Waals surface area contributed by atoms with Crippen molar-refractivity contribution >= 4 is 0 Å². The first-order chi connectivity index (χ1) is 23.8. The number of phenols is 12. The molecule has 0 saturated carbocycles. The third-order valence-corrected chi connectivity index (χ3v) is 8.71. The summed E-state index contributed by atoms with van der Waals surface area (Å²) >= 11 is 0. The average Bonchev–Trinajstić information content (AvgIpc) is 3.12. The first-order valence-corrected chi connectivity index (χ1v) is 15.0. The summed E-state index contributed by atoms with van der Waals surface area (Å²) in [6.45, 7) is 0. The largest absolute Gasteiger partial charge is 0.504 e. The molecule has 0 fully saturated rings. The number of hydrogen-bond donors (Lipinski definition) is 12. The minimum atomic E-state index is -0.992. The van der Waals surface area contributed by atoms with Crippen molar-refractivity contribution in [1.82, 2.24) is 0 Å². The van der Waals surface area contributed by atoms with Crippen LogP contribution in [0.25, 0.3) is 11.1 Å². The van der Waals surface area contributed by atoms with Gasteiger partial charge in [0.15, 0.2) is 46.0 Å². The Balaban J connectivity index is 1.41. The smallest absolute Gasteiger partial charge is 0.200 e. The zero-order valence-electron chi connectivity index (χ0n) is 25.8. The van der Waals surface area contributed by atoms with Gasteiger partial charge in [-0.05, 0) is 46.5 Å². The third-order valence-electron chi connectivity index (χ3n) is 8.71. The van der Waals surface area contributed by atoms with Crippen LogP contribution in [-0.2, 0) is 0 Å². The lowest BCUT2D eigenvalue weighted by atomic mass is 9.82. The highest BCUT2D eigenvalue weighted by molar-refractivity contribution is 5.69. The lowest BCUT2D eigenvalue weighted by Crippen LogP contribution is -2.05. The summed E-state index contributed by atoms with van der Waals surface area (Å²) in [5, 5.41) is 124. The molecular formula is C38H30O12. The minimum absolute atomic E-state index is 0.0795. The summed E-state index contributed by atoms with van der Waals surface area (Å²) in [6.07, 6.45) is 0. The van der Waals surface area contributed by atoms with E-state index in [9.17, 15) is 61.3 Å². The molecule has 12 heteroatoms. The third kappa shape index (κ3) is 5.50. The van der Waals surface area contributed by atoms with Crippen LogP contribution in [0.5, 0.6) is 69.0 Å². The molecule has 0 spiro atoms. The van der Waals surface area contributed by atoms with E-state index in [0.717, 1.165) is 24.3 Å². The molecule has 254 valence electrons. The zero-order valence-corrected chi connectivity index (χ0v) is 25.8. The van der Waals surface area contributed by atoms with E-state index < -0.39 is 80.8 Å². The molecule has 0 atom stereocenters. The number of rotatable bonds is 7. The molecule has 0 heterocycles. The molecule has 0 radical (unpaired) electrons. The fraction of sp³-hybridized carbons (Fsp3) is 0.0526. The van der Waals surface area contributed by atoms with Crippen LogP contribution in [0.15, 0.2) is 97.1 Å². The van der Waals surface area contributed by atoms with Gasteiger partial charge in [0.1, 0.15) is 0 Å². The van der Waals surface area contributed by atoms with E-state index in [1.54, 1.807) is 48.5 Å². The van der Waals surface area contributed by atoms with Crippen molar-refractivity contribution in [3.63, 3.8) is 0 Å². The second-order valence-electron chi connectivity index (χ2n) is 11.6. The molecule has 0 aliphatic carbocycles. The molecule has 12 nitrogen and oxygen atoms in total. The Morgan fingerprint density at radius 2 is 0.460 bits per heavy atom. The molecule has 0 aromatic heterocycles. The van der Waals surface area contributed by atoms with Gasteiger partial charge >= 0.3 is 0 Å². The van der Waals surface area contributed by atoms with Crippen molar-refractivity contribution < 1.29 is 61.3 Å². The molecule has 6 rings (SSSR count). The van der Waals surface area contributed by atoms with Crippen LogP contribution in [0.4, 0.5) is 0 Å². The monoisotopic (exact) mass is 678 g/mol. The van der Waals surface area contributed by atoms with Gasteiger partial charge in [-0.3, -0.25) is 0 Å².